The van der Waals surface area contributed by atoms with Crippen molar-refractivity contribution in [3.8, 4) is 5.88 Å². The Bertz CT molecular complexity index is 387. The molecule has 1 saturated carbocycles. The number of aliphatic hydroxyl groups is 1. The lowest BCUT2D eigenvalue weighted by Gasteiger charge is -2.25. The van der Waals surface area contributed by atoms with E-state index < -0.39 is 0 Å². The van der Waals surface area contributed by atoms with Crippen molar-refractivity contribution in [2.75, 3.05) is 18.5 Å². The molecule has 0 aliphatic heterocycles. The van der Waals surface area contributed by atoms with Gasteiger partial charge in [-0.3, -0.25) is 0 Å². The van der Waals surface area contributed by atoms with Crippen molar-refractivity contribution >= 4 is 5.95 Å². The summed E-state index contributed by atoms with van der Waals surface area (Å²) in [6, 6.07) is 1.77. The third kappa shape index (κ3) is 4.67. The van der Waals surface area contributed by atoms with E-state index in [4.69, 9.17) is 4.74 Å². The number of aromatic nitrogens is 2. The predicted octanol–water partition coefficient (Wildman–Crippen LogP) is 2.23. The average Bonchev–Trinajstić information content (AvgIpc) is 2.43. The lowest BCUT2D eigenvalue weighted by molar-refractivity contribution is 0.104. The molecule has 106 valence electrons. The van der Waals surface area contributed by atoms with Gasteiger partial charge in [-0.05, 0) is 31.6 Å². The van der Waals surface area contributed by atoms with Crippen LogP contribution < -0.4 is 10.1 Å². The van der Waals surface area contributed by atoms with Crippen LogP contribution in [0.4, 0.5) is 5.95 Å². The molecule has 2 unspecified atom stereocenters. The maximum atomic E-state index is 9.64. The van der Waals surface area contributed by atoms with Gasteiger partial charge < -0.3 is 15.2 Å². The van der Waals surface area contributed by atoms with Gasteiger partial charge in [-0.25, -0.2) is 4.98 Å². The molecule has 19 heavy (non-hydrogen) atoms. The molecule has 0 spiro atoms. The summed E-state index contributed by atoms with van der Waals surface area (Å²) in [5, 5.41) is 12.9. The van der Waals surface area contributed by atoms with Crippen LogP contribution >= 0.6 is 0 Å². The molecule has 0 radical (unpaired) electrons. The number of aliphatic hydroxyl groups excluding tert-OH is 1. The Kier molecular flexibility index (Phi) is 5.39. The fourth-order valence-corrected chi connectivity index (χ4v) is 2.40. The minimum absolute atomic E-state index is 0.138. The summed E-state index contributed by atoms with van der Waals surface area (Å²) < 4.78 is 5.47. The number of nitrogens with zero attached hydrogens (tertiary/aromatic N) is 2. The van der Waals surface area contributed by atoms with Gasteiger partial charge in [0.05, 0.1) is 12.7 Å². The molecule has 0 saturated heterocycles. The highest BCUT2D eigenvalue weighted by Crippen LogP contribution is 2.24. The van der Waals surface area contributed by atoms with Crippen molar-refractivity contribution in [3.63, 3.8) is 0 Å². The second kappa shape index (κ2) is 7.28. The molecule has 2 N–H and O–H groups in total. The Morgan fingerprint density at radius 2 is 2.37 bits per heavy atom. The minimum Gasteiger partial charge on any atom is -0.478 e. The topological polar surface area (TPSA) is 67.3 Å². The smallest absolute Gasteiger partial charge is 0.225 e. The molecule has 1 heterocycles. The van der Waals surface area contributed by atoms with Crippen molar-refractivity contribution in [1.29, 1.82) is 0 Å². The van der Waals surface area contributed by atoms with Crippen molar-refractivity contribution < 1.29 is 9.84 Å². The lowest BCUT2D eigenvalue weighted by Crippen LogP contribution is -2.25. The van der Waals surface area contributed by atoms with Gasteiger partial charge in [-0.1, -0.05) is 13.3 Å². The van der Waals surface area contributed by atoms with E-state index in [9.17, 15) is 5.11 Å². The first kappa shape index (κ1) is 14.1. The second-order valence-corrected chi connectivity index (χ2v) is 5.13. The number of anilines is 1. The molecule has 1 aromatic rings. The van der Waals surface area contributed by atoms with E-state index >= 15 is 0 Å². The fraction of sp³-hybridized carbons (Fsp3) is 0.714. The van der Waals surface area contributed by atoms with Crippen LogP contribution in [0.1, 0.15) is 39.0 Å². The average molecular weight is 265 g/mol. The Balaban J connectivity index is 1.81. The summed E-state index contributed by atoms with van der Waals surface area (Å²) in [4.78, 5) is 8.49. The highest BCUT2D eigenvalue weighted by atomic mass is 16.5. The summed E-state index contributed by atoms with van der Waals surface area (Å²) in [5.74, 6) is 1.73. The third-order valence-corrected chi connectivity index (χ3v) is 3.39. The molecule has 2 rings (SSSR count). The van der Waals surface area contributed by atoms with E-state index in [0.29, 0.717) is 24.4 Å². The van der Waals surface area contributed by atoms with Crippen LogP contribution in [-0.2, 0) is 0 Å². The minimum atomic E-state index is -0.138. The molecule has 0 amide bonds. The first-order valence-electron chi connectivity index (χ1n) is 7.15. The fourth-order valence-electron chi connectivity index (χ4n) is 2.40. The maximum Gasteiger partial charge on any atom is 0.225 e. The molecule has 1 aliphatic carbocycles. The molecule has 5 nitrogen and oxygen atoms in total. The Morgan fingerprint density at radius 1 is 1.47 bits per heavy atom. The summed E-state index contributed by atoms with van der Waals surface area (Å²) in [5.41, 5.74) is 0. The van der Waals surface area contributed by atoms with Crippen LogP contribution in [0.3, 0.4) is 0 Å². The zero-order valence-corrected chi connectivity index (χ0v) is 11.5. The number of hydrogen-bond acceptors (Lipinski definition) is 5. The largest absolute Gasteiger partial charge is 0.478 e. The van der Waals surface area contributed by atoms with E-state index in [0.717, 1.165) is 38.6 Å². The van der Waals surface area contributed by atoms with Crippen LogP contribution in [0.25, 0.3) is 0 Å². The summed E-state index contributed by atoms with van der Waals surface area (Å²) in [6.07, 6.45) is 6.61. The molecular weight excluding hydrogens is 242 g/mol. The first-order chi connectivity index (χ1) is 9.28. The van der Waals surface area contributed by atoms with Crippen LogP contribution in [-0.4, -0.2) is 34.3 Å². The Labute approximate surface area is 114 Å². The molecule has 0 aromatic carbocycles. The summed E-state index contributed by atoms with van der Waals surface area (Å²) in [6.45, 7) is 3.55. The SMILES string of the molecule is CCCOc1ccnc(NCC2CCCC(O)C2)n1. The quantitative estimate of drug-likeness (QED) is 0.825. The predicted molar refractivity (Wildman–Crippen MR) is 74.3 cm³/mol. The standard InChI is InChI=1S/C14H23N3O2/c1-2-8-19-13-6-7-15-14(17-13)16-10-11-4-3-5-12(18)9-11/h6-7,11-12,18H,2-5,8-10H2,1H3,(H,15,16,17). The number of hydrogen-bond donors (Lipinski definition) is 2. The Hall–Kier alpha value is -1.36. The van der Waals surface area contributed by atoms with E-state index in [1.165, 1.54) is 0 Å². The Morgan fingerprint density at radius 3 is 3.16 bits per heavy atom. The molecule has 1 fully saturated rings. The van der Waals surface area contributed by atoms with Gasteiger partial charge in [0.15, 0.2) is 0 Å². The first-order valence-corrected chi connectivity index (χ1v) is 7.15. The number of ether oxygens (including phenoxy) is 1. The summed E-state index contributed by atoms with van der Waals surface area (Å²) >= 11 is 0. The van der Waals surface area contributed by atoms with Crippen LogP contribution in [0.15, 0.2) is 12.3 Å². The molecule has 0 bridgehead atoms. The van der Waals surface area contributed by atoms with E-state index in [1.54, 1.807) is 12.3 Å². The van der Waals surface area contributed by atoms with Gasteiger partial charge in [-0.2, -0.15) is 4.98 Å². The van der Waals surface area contributed by atoms with Gasteiger partial charge in [0, 0.05) is 18.8 Å². The van der Waals surface area contributed by atoms with Gasteiger partial charge in [0.1, 0.15) is 0 Å². The van der Waals surface area contributed by atoms with Gasteiger partial charge >= 0.3 is 0 Å². The van der Waals surface area contributed by atoms with E-state index in [2.05, 4.69) is 22.2 Å². The van der Waals surface area contributed by atoms with Gasteiger partial charge in [-0.15, -0.1) is 0 Å². The molecule has 5 heteroatoms. The van der Waals surface area contributed by atoms with Crippen LogP contribution in [0.5, 0.6) is 5.88 Å². The van der Waals surface area contributed by atoms with Crippen molar-refractivity contribution in [3.05, 3.63) is 12.3 Å². The van der Waals surface area contributed by atoms with Crippen molar-refractivity contribution in [1.82, 2.24) is 9.97 Å². The molecular formula is C14H23N3O2. The number of nitrogens with one attached hydrogen (secondary N) is 1. The second-order valence-electron chi connectivity index (χ2n) is 5.13. The zero-order valence-electron chi connectivity index (χ0n) is 11.5. The summed E-state index contributed by atoms with van der Waals surface area (Å²) in [7, 11) is 0. The van der Waals surface area contributed by atoms with Gasteiger partial charge in [0.2, 0.25) is 11.8 Å². The van der Waals surface area contributed by atoms with Crippen molar-refractivity contribution in [2.45, 2.75) is 45.1 Å². The van der Waals surface area contributed by atoms with Crippen LogP contribution in [0, 0.1) is 5.92 Å². The highest BCUT2D eigenvalue weighted by Gasteiger charge is 2.20. The lowest BCUT2D eigenvalue weighted by atomic mass is 9.87. The molecule has 1 aliphatic rings. The molecule has 2 atom stereocenters. The monoisotopic (exact) mass is 265 g/mol. The highest BCUT2D eigenvalue weighted by molar-refractivity contribution is 5.27. The molecule has 1 aromatic heterocycles. The van der Waals surface area contributed by atoms with Crippen molar-refractivity contribution in [2.24, 2.45) is 5.92 Å². The van der Waals surface area contributed by atoms with E-state index in [1.807, 2.05) is 0 Å². The normalized spacial score (nSPS) is 23.1. The number of rotatable bonds is 6. The van der Waals surface area contributed by atoms with Gasteiger partial charge in [0.25, 0.3) is 0 Å². The maximum absolute atomic E-state index is 9.64. The van der Waals surface area contributed by atoms with E-state index in [-0.39, 0.29) is 6.10 Å². The van der Waals surface area contributed by atoms with Crippen LogP contribution in [0.2, 0.25) is 0 Å². The third-order valence-electron chi connectivity index (χ3n) is 3.39. The zero-order chi connectivity index (χ0) is 13.5.